The molecule has 0 spiro atoms. The Labute approximate surface area is 127 Å². The van der Waals surface area contributed by atoms with Gasteiger partial charge in [-0.15, -0.1) is 0 Å². The van der Waals surface area contributed by atoms with Crippen LogP contribution in [-0.2, 0) is 13.0 Å². The number of hydrogen-bond donors (Lipinski definition) is 0. The highest BCUT2D eigenvalue weighted by Gasteiger charge is 2.25. The molecule has 21 heavy (non-hydrogen) atoms. The molecular weight excluding hydrogens is 256 g/mol. The Morgan fingerprint density at radius 1 is 1.24 bits per heavy atom. The summed E-state index contributed by atoms with van der Waals surface area (Å²) >= 11 is 0. The maximum atomic E-state index is 2.65. The van der Waals surface area contributed by atoms with E-state index in [9.17, 15) is 0 Å². The molecule has 1 aliphatic heterocycles. The molecular formula is C19H24N2. The van der Waals surface area contributed by atoms with Crippen molar-refractivity contribution in [2.24, 2.45) is 0 Å². The number of likely N-dealkylation sites (N-methyl/N-ethyl adjacent to an activating group) is 1. The molecule has 1 aromatic heterocycles. The lowest BCUT2D eigenvalue weighted by Gasteiger charge is -2.27. The number of nitrogens with zero attached hydrogens (tertiary/aromatic N) is 2. The summed E-state index contributed by atoms with van der Waals surface area (Å²) in [5.41, 5.74) is 5.97. The van der Waals surface area contributed by atoms with Crippen LogP contribution in [0.5, 0.6) is 0 Å². The molecule has 0 radical (unpaired) electrons. The van der Waals surface area contributed by atoms with E-state index in [1.54, 1.807) is 11.3 Å². The highest BCUT2D eigenvalue weighted by atomic mass is 15.1. The van der Waals surface area contributed by atoms with Crippen molar-refractivity contribution in [3.8, 4) is 0 Å². The number of aromatic nitrogens is 1. The van der Waals surface area contributed by atoms with E-state index in [2.05, 4.69) is 53.8 Å². The van der Waals surface area contributed by atoms with Gasteiger partial charge >= 0.3 is 0 Å². The zero-order valence-electron chi connectivity index (χ0n) is 13.1. The van der Waals surface area contributed by atoms with Gasteiger partial charge in [-0.2, -0.15) is 0 Å². The summed E-state index contributed by atoms with van der Waals surface area (Å²) in [5.74, 6) is 0. The van der Waals surface area contributed by atoms with Crippen LogP contribution in [0.4, 0.5) is 0 Å². The van der Waals surface area contributed by atoms with Gasteiger partial charge in [0.05, 0.1) is 6.04 Å². The molecule has 0 N–H and O–H groups in total. The number of allylic oxidation sites excluding steroid dienone is 2. The van der Waals surface area contributed by atoms with Gasteiger partial charge in [0.25, 0.3) is 0 Å². The van der Waals surface area contributed by atoms with Crippen LogP contribution in [-0.4, -0.2) is 23.1 Å². The van der Waals surface area contributed by atoms with Gasteiger partial charge in [-0.1, -0.05) is 23.8 Å². The van der Waals surface area contributed by atoms with Crippen LogP contribution in [0.3, 0.4) is 0 Å². The van der Waals surface area contributed by atoms with Crippen LogP contribution in [0.25, 0.3) is 10.9 Å². The van der Waals surface area contributed by atoms with Crippen molar-refractivity contribution in [2.75, 3.05) is 13.6 Å². The van der Waals surface area contributed by atoms with Crippen molar-refractivity contribution in [2.45, 2.75) is 45.2 Å². The Kier molecular flexibility index (Phi) is 3.15. The van der Waals surface area contributed by atoms with Gasteiger partial charge in [-0.05, 0) is 50.9 Å². The Hall–Kier alpha value is -1.54. The molecule has 4 rings (SSSR count). The van der Waals surface area contributed by atoms with Gasteiger partial charge in [0.15, 0.2) is 0 Å². The predicted octanol–water partition coefficient (Wildman–Crippen LogP) is 4.22. The molecule has 0 bridgehead atoms. The first kappa shape index (κ1) is 13.1. The Morgan fingerprint density at radius 2 is 2.14 bits per heavy atom. The van der Waals surface area contributed by atoms with Crippen molar-refractivity contribution in [1.29, 1.82) is 0 Å². The molecule has 110 valence electrons. The van der Waals surface area contributed by atoms with Gasteiger partial charge in [0.1, 0.15) is 0 Å². The molecule has 1 unspecified atom stereocenters. The first-order valence-electron chi connectivity index (χ1n) is 8.21. The maximum absolute atomic E-state index is 2.65. The van der Waals surface area contributed by atoms with Crippen molar-refractivity contribution >= 4 is 10.9 Å². The highest BCUT2D eigenvalue weighted by molar-refractivity contribution is 5.86. The third-order valence-electron chi connectivity index (χ3n) is 5.09. The summed E-state index contributed by atoms with van der Waals surface area (Å²) < 4.78 is 2.65. The average Bonchev–Trinajstić information content (AvgIpc) is 2.81. The summed E-state index contributed by atoms with van der Waals surface area (Å²) in [6.07, 6.45) is 9.85. The lowest BCUT2D eigenvalue weighted by molar-refractivity contribution is 0.307. The van der Waals surface area contributed by atoms with Crippen LogP contribution in [0.1, 0.15) is 42.1 Å². The lowest BCUT2D eigenvalue weighted by atomic mass is 10.0. The summed E-state index contributed by atoms with van der Waals surface area (Å²) in [4.78, 5) is 2.45. The van der Waals surface area contributed by atoms with Gasteiger partial charge in [0, 0.05) is 36.1 Å². The topological polar surface area (TPSA) is 8.17 Å². The third kappa shape index (κ3) is 2.13. The second kappa shape index (κ2) is 5.03. The summed E-state index contributed by atoms with van der Waals surface area (Å²) in [5, 5.41) is 1.48. The van der Waals surface area contributed by atoms with Crippen molar-refractivity contribution < 1.29 is 0 Å². The monoisotopic (exact) mass is 280 g/mol. The van der Waals surface area contributed by atoms with E-state index in [4.69, 9.17) is 0 Å². The van der Waals surface area contributed by atoms with Crippen LogP contribution in [0, 0.1) is 6.92 Å². The van der Waals surface area contributed by atoms with Crippen LogP contribution in [0.15, 0.2) is 30.4 Å². The van der Waals surface area contributed by atoms with E-state index in [1.165, 1.54) is 48.7 Å². The maximum Gasteiger partial charge on any atom is 0.0519 e. The zero-order valence-corrected chi connectivity index (χ0v) is 13.1. The summed E-state index contributed by atoms with van der Waals surface area (Å²) in [6.45, 7) is 4.48. The molecule has 1 atom stereocenters. The molecule has 0 fully saturated rings. The van der Waals surface area contributed by atoms with Gasteiger partial charge in [-0.3, -0.25) is 0 Å². The van der Waals surface area contributed by atoms with Crippen molar-refractivity contribution in [1.82, 2.24) is 9.47 Å². The second-order valence-electron chi connectivity index (χ2n) is 6.73. The lowest BCUT2D eigenvalue weighted by Crippen LogP contribution is -2.28. The largest absolute Gasteiger partial charge is 0.337 e. The fraction of sp³-hybridized carbons (Fsp3) is 0.474. The van der Waals surface area contributed by atoms with Crippen molar-refractivity contribution in [3.63, 3.8) is 0 Å². The molecule has 2 nitrogen and oxygen atoms in total. The number of rotatable bonds is 1. The SMILES string of the molecule is Cc1ccc2c(c1)c1c(n2C2C=CCCC2)CCN(C)C1. The van der Waals surface area contributed by atoms with Crippen LogP contribution >= 0.6 is 0 Å². The quantitative estimate of drug-likeness (QED) is 0.710. The van der Waals surface area contributed by atoms with Crippen LogP contribution < -0.4 is 0 Å². The summed E-state index contributed by atoms with van der Waals surface area (Å²) in [7, 11) is 2.24. The third-order valence-corrected chi connectivity index (χ3v) is 5.09. The minimum atomic E-state index is 0.566. The van der Waals surface area contributed by atoms with Crippen LogP contribution in [0.2, 0.25) is 0 Å². The van der Waals surface area contributed by atoms with Gasteiger partial charge in [-0.25, -0.2) is 0 Å². The minimum absolute atomic E-state index is 0.566. The van der Waals surface area contributed by atoms with E-state index in [0.717, 1.165) is 6.54 Å². The second-order valence-corrected chi connectivity index (χ2v) is 6.73. The molecule has 2 heteroatoms. The fourth-order valence-electron chi connectivity index (χ4n) is 4.03. The fourth-order valence-corrected chi connectivity index (χ4v) is 4.03. The molecule has 0 amide bonds. The van der Waals surface area contributed by atoms with E-state index in [0.29, 0.717) is 6.04 Å². The molecule has 1 aliphatic carbocycles. The average molecular weight is 280 g/mol. The van der Waals surface area contributed by atoms with Gasteiger partial charge in [0.2, 0.25) is 0 Å². The minimum Gasteiger partial charge on any atom is -0.337 e. The molecule has 2 aromatic rings. The molecule has 0 saturated carbocycles. The number of fused-ring (bicyclic) bond motifs is 3. The molecule has 1 aromatic carbocycles. The van der Waals surface area contributed by atoms with Crippen molar-refractivity contribution in [3.05, 3.63) is 47.2 Å². The Balaban J connectivity index is 1.96. The number of benzene rings is 1. The Morgan fingerprint density at radius 3 is 2.95 bits per heavy atom. The van der Waals surface area contributed by atoms with E-state index in [-0.39, 0.29) is 0 Å². The Bertz CT molecular complexity index is 708. The molecule has 2 aliphatic rings. The number of hydrogen-bond acceptors (Lipinski definition) is 1. The van der Waals surface area contributed by atoms with E-state index < -0.39 is 0 Å². The number of aryl methyl sites for hydroxylation is 1. The van der Waals surface area contributed by atoms with Gasteiger partial charge < -0.3 is 9.47 Å². The first-order valence-corrected chi connectivity index (χ1v) is 8.21. The highest BCUT2D eigenvalue weighted by Crippen LogP contribution is 2.36. The summed E-state index contributed by atoms with van der Waals surface area (Å²) in [6, 6.07) is 7.55. The van der Waals surface area contributed by atoms with E-state index in [1.807, 2.05) is 0 Å². The smallest absolute Gasteiger partial charge is 0.0519 e. The normalized spacial score (nSPS) is 22.7. The van der Waals surface area contributed by atoms with E-state index >= 15 is 0 Å². The first-order chi connectivity index (χ1) is 10.2. The molecule has 0 saturated heterocycles. The standard InChI is InChI=1S/C19H24N2/c1-14-8-9-18-16(12-14)17-13-20(2)11-10-19(17)21(18)15-6-4-3-5-7-15/h4,6,8-9,12,15H,3,5,7,10-11,13H2,1-2H3. The zero-order chi connectivity index (χ0) is 14.4. The predicted molar refractivity (Wildman–Crippen MR) is 88.7 cm³/mol. The molecule has 2 heterocycles.